The highest BCUT2D eigenvalue weighted by Crippen LogP contribution is 2.18. The maximum atomic E-state index is 12.5. The summed E-state index contributed by atoms with van der Waals surface area (Å²) in [6.45, 7) is 5.23. The van der Waals surface area contributed by atoms with E-state index in [1.54, 1.807) is 43.8 Å². The van der Waals surface area contributed by atoms with Crippen molar-refractivity contribution in [2.24, 2.45) is 0 Å². The SMILES string of the molecule is CCN(C(=O)C(C)SC(C)=O)/C(=C/[NH2+]c1cccnc1)C(=N)Cl. The first-order chi connectivity index (χ1) is 10.9. The Bertz CT molecular complexity index is 607. The molecule has 124 valence electrons. The van der Waals surface area contributed by atoms with E-state index in [1.165, 1.54) is 11.8 Å². The normalized spacial score (nSPS) is 12.6. The van der Waals surface area contributed by atoms with Gasteiger partial charge in [0.1, 0.15) is 17.1 Å². The molecule has 0 saturated carbocycles. The third-order valence-corrected chi connectivity index (χ3v) is 3.99. The van der Waals surface area contributed by atoms with Crippen molar-refractivity contribution in [2.75, 3.05) is 6.54 Å². The standard InChI is InChI=1S/C15H19ClN4O2S/c1-4-20(15(22)10(2)23-11(3)21)13(14(16)17)9-19-12-6-5-7-18-8-12/h5-10,17,19H,4H2,1-3H3/p+1/b13-9+,17-14?. The quantitative estimate of drug-likeness (QED) is 0.730. The van der Waals surface area contributed by atoms with Gasteiger partial charge in [-0.05, 0) is 19.9 Å². The highest BCUT2D eigenvalue weighted by Gasteiger charge is 2.26. The second-order valence-corrected chi connectivity index (χ2v) is 6.55. The number of nitrogens with one attached hydrogen (secondary N) is 1. The van der Waals surface area contributed by atoms with Gasteiger partial charge in [-0.25, -0.2) is 0 Å². The molecule has 1 aromatic heterocycles. The molecule has 1 aromatic rings. The highest BCUT2D eigenvalue weighted by atomic mass is 35.5. The van der Waals surface area contributed by atoms with Gasteiger partial charge in [0.05, 0.1) is 11.4 Å². The Balaban J connectivity index is 2.98. The van der Waals surface area contributed by atoms with Gasteiger partial charge in [-0.3, -0.25) is 25.3 Å². The van der Waals surface area contributed by atoms with E-state index in [0.29, 0.717) is 12.2 Å². The van der Waals surface area contributed by atoms with Gasteiger partial charge in [0.25, 0.3) is 0 Å². The van der Waals surface area contributed by atoms with Crippen LogP contribution in [0.5, 0.6) is 0 Å². The number of hydrogen-bond acceptors (Lipinski definition) is 5. The van der Waals surface area contributed by atoms with Crippen LogP contribution in [0.25, 0.3) is 0 Å². The van der Waals surface area contributed by atoms with Crippen LogP contribution < -0.4 is 5.32 Å². The summed E-state index contributed by atoms with van der Waals surface area (Å²) >= 11 is 6.81. The van der Waals surface area contributed by atoms with E-state index in [2.05, 4.69) is 4.98 Å². The van der Waals surface area contributed by atoms with E-state index in [9.17, 15) is 9.59 Å². The molecule has 0 spiro atoms. The third kappa shape index (κ3) is 6.13. The first-order valence-electron chi connectivity index (χ1n) is 7.04. The summed E-state index contributed by atoms with van der Waals surface area (Å²) in [5, 5.41) is 8.55. The second kappa shape index (κ2) is 9.44. The molecule has 3 N–H and O–H groups in total. The zero-order chi connectivity index (χ0) is 17.4. The molecule has 1 heterocycles. The van der Waals surface area contributed by atoms with Crippen molar-refractivity contribution in [3.8, 4) is 0 Å². The lowest BCUT2D eigenvalue weighted by molar-refractivity contribution is -0.497. The minimum atomic E-state index is -0.537. The van der Waals surface area contributed by atoms with Gasteiger partial charge < -0.3 is 4.90 Å². The van der Waals surface area contributed by atoms with Crippen molar-refractivity contribution < 1.29 is 14.9 Å². The number of carbonyl (C=O) groups excluding carboxylic acids is 2. The Kier molecular flexibility index (Phi) is 7.94. The third-order valence-electron chi connectivity index (χ3n) is 2.91. The summed E-state index contributed by atoms with van der Waals surface area (Å²) < 4.78 is 0. The van der Waals surface area contributed by atoms with Crippen LogP contribution in [0.1, 0.15) is 20.8 Å². The monoisotopic (exact) mass is 355 g/mol. The minimum absolute atomic E-state index is 0.129. The number of hydrogen-bond donors (Lipinski definition) is 2. The number of thioether (sulfide) groups is 1. The number of amides is 1. The molecular weight excluding hydrogens is 336 g/mol. The molecule has 0 saturated heterocycles. The molecule has 6 nitrogen and oxygen atoms in total. The van der Waals surface area contributed by atoms with Crippen LogP contribution in [0, 0.1) is 5.41 Å². The number of pyridine rings is 1. The van der Waals surface area contributed by atoms with Gasteiger partial charge >= 0.3 is 0 Å². The van der Waals surface area contributed by atoms with E-state index < -0.39 is 5.25 Å². The summed E-state index contributed by atoms with van der Waals surface area (Å²) in [4.78, 5) is 29.1. The number of carbonyl (C=O) groups is 2. The zero-order valence-electron chi connectivity index (χ0n) is 13.2. The van der Waals surface area contributed by atoms with Gasteiger partial charge in [-0.15, -0.1) is 0 Å². The number of nitrogens with zero attached hydrogens (tertiary/aromatic N) is 2. The van der Waals surface area contributed by atoms with E-state index in [-0.39, 0.29) is 16.2 Å². The lowest BCUT2D eigenvalue weighted by Crippen LogP contribution is -2.72. The highest BCUT2D eigenvalue weighted by molar-refractivity contribution is 8.14. The van der Waals surface area contributed by atoms with Gasteiger partial charge in [0.2, 0.25) is 5.91 Å². The fraction of sp³-hybridized carbons (Fsp3) is 0.333. The molecular formula is C15H20ClN4O2S+. The molecule has 0 bridgehead atoms. The average molecular weight is 356 g/mol. The van der Waals surface area contributed by atoms with Gasteiger partial charge in [-0.2, -0.15) is 0 Å². The van der Waals surface area contributed by atoms with Gasteiger partial charge in [0.15, 0.2) is 10.8 Å². The first-order valence-corrected chi connectivity index (χ1v) is 8.30. The maximum absolute atomic E-state index is 12.5. The molecule has 0 fully saturated rings. The molecule has 1 unspecified atom stereocenters. The molecule has 23 heavy (non-hydrogen) atoms. The molecule has 0 aliphatic rings. The Labute approximate surface area is 144 Å². The summed E-state index contributed by atoms with van der Waals surface area (Å²) in [5.74, 6) is -0.260. The Morgan fingerprint density at radius 2 is 2.26 bits per heavy atom. The Morgan fingerprint density at radius 1 is 1.57 bits per heavy atom. The van der Waals surface area contributed by atoms with Crippen LogP contribution in [-0.2, 0) is 9.59 Å². The number of nitrogens with two attached hydrogens (primary N) is 1. The summed E-state index contributed by atoms with van der Waals surface area (Å²) in [7, 11) is 0. The molecule has 0 aliphatic heterocycles. The molecule has 8 heteroatoms. The van der Waals surface area contributed by atoms with Gasteiger partial charge in [0, 0.05) is 25.7 Å². The maximum Gasteiger partial charge on any atom is 0.240 e. The summed E-state index contributed by atoms with van der Waals surface area (Å²) in [6, 6.07) is 3.64. The smallest absolute Gasteiger partial charge is 0.240 e. The van der Waals surface area contributed by atoms with Crippen LogP contribution in [-0.4, -0.2) is 37.9 Å². The van der Waals surface area contributed by atoms with Crippen LogP contribution in [0.2, 0.25) is 0 Å². The predicted octanol–water partition coefficient (Wildman–Crippen LogP) is 1.85. The average Bonchev–Trinajstić information content (AvgIpc) is 2.50. The fourth-order valence-corrected chi connectivity index (χ4v) is 2.79. The number of aromatic nitrogens is 1. The van der Waals surface area contributed by atoms with Crippen molar-refractivity contribution >= 4 is 45.2 Å². The van der Waals surface area contributed by atoms with Gasteiger partial charge in [-0.1, -0.05) is 23.4 Å². The first kappa shape index (κ1) is 19.3. The molecule has 0 aliphatic carbocycles. The molecule has 1 rings (SSSR count). The number of halogens is 1. The Hall–Kier alpha value is -1.70. The van der Waals surface area contributed by atoms with Crippen LogP contribution in [0.15, 0.2) is 36.4 Å². The lowest BCUT2D eigenvalue weighted by Gasteiger charge is -2.24. The van der Waals surface area contributed by atoms with Crippen LogP contribution >= 0.6 is 23.4 Å². The predicted molar refractivity (Wildman–Crippen MR) is 92.6 cm³/mol. The van der Waals surface area contributed by atoms with Crippen LogP contribution in [0.3, 0.4) is 0 Å². The summed E-state index contributed by atoms with van der Waals surface area (Å²) in [6.07, 6.45) is 4.94. The minimum Gasteiger partial charge on any atom is -0.305 e. The molecule has 1 atom stereocenters. The topological polar surface area (TPSA) is 90.7 Å². The number of allylic oxidation sites excluding steroid dienone is 1. The fourth-order valence-electron chi connectivity index (χ4n) is 1.90. The van der Waals surface area contributed by atoms with Crippen molar-refractivity contribution in [3.63, 3.8) is 0 Å². The van der Waals surface area contributed by atoms with Crippen LogP contribution in [0.4, 0.5) is 5.69 Å². The van der Waals surface area contributed by atoms with E-state index in [0.717, 1.165) is 17.4 Å². The van der Waals surface area contributed by atoms with Crippen molar-refractivity contribution in [3.05, 3.63) is 36.4 Å². The molecule has 1 amide bonds. The van der Waals surface area contributed by atoms with E-state index >= 15 is 0 Å². The van der Waals surface area contributed by atoms with Crippen molar-refractivity contribution in [2.45, 2.75) is 26.0 Å². The number of rotatable bonds is 7. The summed E-state index contributed by atoms with van der Waals surface area (Å²) in [5.41, 5.74) is 1.12. The largest absolute Gasteiger partial charge is 0.305 e. The van der Waals surface area contributed by atoms with Crippen molar-refractivity contribution in [1.29, 1.82) is 5.41 Å². The second-order valence-electron chi connectivity index (χ2n) is 4.65. The molecule has 0 radical (unpaired) electrons. The lowest BCUT2D eigenvalue weighted by atomic mass is 10.3. The number of quaternary nitrogens is 1. The van der Waals surface area contributed by atoms with Crippen molar-refractivity contribution in [1.82, 2.24) is 9.88 Å². The zero-order valence-corrected chi connectivity index (χ0v) is 14.8. The Morgan fingerprint density at radius 3 is 2.74 bits per heavy atom. The van der Waals surface area contributed by atoms with E-state index in [1.807, 2.05) is 6.07 Å². The van der Waals surface area contributed by atoms with E-state index in [4.69, 9.17) is 17.0 Å². The molecule has 0 aromatic carbocycles.